The first kappa shape index (κ1) is 15.0. The minimum atomic E-state index is -0.566. The van der Waals surface area contributed by atoms with Gasteiger partial charge in [-0.2, -0.15) is 11.8 Å². The topological polar surface area (TPSA) is 58.0 Å². The number of oxazole rings is 1. The third kappa shape index (κ3) is 4.03. The number of thioether (sulfide) groups is 1. The lowest BCUT2D eigenvalue weighted by Gasteiger charge is -2.07. The highest BCUT2D eigenvalue weighted by Crippen LogP contribution is 2.21. The second-order valence-electron chi connectivity index (χ2n) is 4.59. The molecule has 2 rings (SSSR count). The fraction of sp³-hybridized carbons (Fsp3) is 0.500. The van der Waals surface area contributed by atoms with Crippen LogP contribution >= 0.6 is 11.8 Å². The quantitative estimate of drug-likeness (QED) is 0.731. The molecule has 0 bridgehead atoms. The Balaban J connectivity index is 1.83. The van der Waals surface area contributed by atoms with Gasteiger partial charge >= 0.3 is 5.76 Å². The van der Waals surface area contributed by atoms with Gasteiger partial charge in [0.25, 0.3) is 0 Å². The lowest BCUT2D eigenvalue weighted by molar-refractivity contribution is 0.555. The van der Waals surface area contributed by atoms with E-state index in [4.69, 9.17) is 4.42 Å². The molecule has 0 atom stereocenters. The van der Waals surface area contributed by atoms with E-state index >= 15 is 0 Å². The molecule has 6 heteroatoms. The average molecular weight is 298 g/mol. The summed E-state index contributed by atoms with van der Waals surface area (Å²) in [4.78, 5) is 13.5. The van der Waals surface area contributed by atoms with Gasteiger partial charge in [0, 0.05) is 18.7 Å². The number of nitrogens with one attached hydrogen (secondary N) is 2. The van der Waals surface area contributed by atoms with Crippen molar-refractivity contribution >= 4 is 28.5 Å². The third-order valence-electron chi connectivity index (χ3n) is 2.93. The van der Waals surface area contributed by atoms with Gasteiger partial charge in [-0.3, -0.25) is 4.98 Å². The summed E-state index contributed by atoms with van der Waals surface area (Å²) in [6, 6.07) is 2.80. The smallest absolute Gasteiger partial charge is 0.408 e. The molecule has 0 aliphatic rings. The molecular formula is C14H19FN2O2S. The number of hydrogen-bond acceptors (Lipinski definition) is 4. The maximum Gasteiger partial charge on any atom is 0.417 e. The van der Waals surface area contributed by atoms with E-state index in [1.54, 1.807) is 0 Å². The van der Waals surface area contributed by atoms with Gasteiger partial charge in [0.2, 0.25) is 0 Å². The van der Waals surface area contributed by atoms with Crippen molar-refractivity contribution in [3.05, 3.63) is 28.5 Å². The number of fused-ring (bicyclic) bond motifs is 1. The van der Waals surface area contributed by atoms with Crippen molar-refractivity contribution in [3.63, 3.8) is 0 Å². The predicted molar refractivity (Wildman–Crippen MR) is 82.1 cm³/mol. The highest BCUT2D eigenvalue weighted by Gasteiger charge is 2.08. The molecule has 0 saturated carbocycles. The van der Waals surface area contributed by atoms with Gasteiger partial charge in [-0.25, -0.2) is 9.18 Å². The van der Waals surface area contributed by atoms with Crippen LogP contribution in [0.3, 0.4) is 0 Å². The largest absolute Gasteiger partial charge is 0.417 e. The summed E-state index contributed by atoms with van der Waals surface area (Å²) in [5.74, 6) is 1.30. The summed E-state index contributed by atoms with van der Waals surface area (Å²) >= 11 is 1.92. The van der Waals surface area contributed by atoms with Crippen molar-refractivity contribution in [2.24, 2.45) is 0 Å². The summed E-state index contributed by atoms with van der Waals surface area (Å²) in [6.45, 7) is 2.89. The van der Waals surface area contributed by atoms with Crippen LogP contribution in [0.15, 0.2) is 21.3 Å². The third-order valence-corrected chi connectivity index (χ3v) is 4.09. The van der Waals surface area contributed by atoms with E-state index in [0.717, 1.165) is 12.2 Å². The van der Waals surface area contributed by atoms with Crippen LogP contribution in [0.4, 0.5) is 10.1 Å². The first-order valence-electron chi connectivity index (χ1n) is 6.84. The number of aromatic nitrogens is 1. The van der Waals surface area contributed by atoms with Gasteiger partial charge in [0.15, 0.2) is 5.58 Å². The second kappa shape index (κ2) is 7.38. The number of hydrogen-bond donors (Lipinski definition) is 2. The van der Waals surface area contributed by atoms with Gasteiger partial charge in [-0.15, -0.1) is 0 Å². The number of aromatic amines is 1. The molecule has 0 unspecified atom stereocenters. The van der Waals surface area contributed by atoms with Gasteiger partial charge in [-0.1, -0.05) is 13.3 Å². The van der Waals surface area contributed by atoms with Crippen LogP contribution in [0.25, 0.3) is 11.1 Å². The van der Waals surface area contributed by atoms with E-state index in [-0.39, 0.29) is 5.82 Å². The fourth-order valence-corrected chi connectivity index (χ4v) is 2.90. The second-order valence-corrected chi connectivity index (χ2v) is 5.81. The molecule has 2 N–H and O–H groups in total. The molecule has 1 aromatic carbocycles. The predicted octanol–water partition coefficient (Wildman–Crippen LogP) is 3.60. The van der Waals surface area contributed by atoms with Gasteiger partial charge in [0.1, 0.15) is 5.82 Å². The first-order valence-corrected chi connectivity index (χ1v) is 8.00. The molecule has 1 heterocycles. The van der Waals surface area contributed by atoms with Gasteiger partial charge in [0.05, 0.1) is 11.2 Å². The lowest BCUT2D eigenvalue weighted by Crippen LogP contribution is -2.04. The van der Waals surface area contributed by atoms with E-state index in [0.29, 0.717) is 23.3 Å². The van der Waals surface area contributed by atoms with E-state index in [9.17, 15) is 9.18 Å². The molecule has 0 saturated heterocycles. The van der Waals surface area contributed by atoms with Crippen molar-refractivity contribution < 1.29 is 8.81 Å². The Morgan fingerprint density at radius 3 is 2.95 bits per heavy atom. The highest BCUT2D eigenvalue weighted by atomic mass is 32.2. The van der Waals surface area contributed by atoms with Crippen LogP contribution < -0.4 is 11.1 Å². The van der Waals surface area contributed by atoms with E-state index in [1.807, 2.05) is 11.8 Å². The van der Waals surface area contributed by atoms with Crippen LogP contribution in [-0.4, -0.2) is 23.0 Å². The molecule has 4 nitrogen and oxygen atoms in total. The Morgan fingerprint density at radius 2 is 2.15 bits per heavy atom. The number of unbranched alkanes of at least 4 members (excludes halogenated alkanes) is 1. The zero-order valence-corrected chi connectivity index (χ0v) is 12.3. The minimum absolute atomic E-state index is 0.372. The maximum atomic E-state index is 13.8. The van der Waals surface area contributed by atoms with E-state index in [1.165, 1.54) is 30.7 Å². The number of halogens is 1. The molecule has 1 aromatic heterocycles. The van der Waals surface area contributed by atoms with E-state index < -0.39 is 5.76 Å². The standard InChI is InChI=1S/C14H19FN2O2S/c1-2-3-6-20-7-4-5-16-11-9-13-12(8-10(11)15)17-14(18)19-13/h8-9,16H,2-7H2,1H3,(H,17,18). The average Bonchev–Trinajstić information content (AvgIpc) is 2.77. The first-order chi connectivity index (χ1) is 9.70. The summed E-state index contributed by atoms with van der Waals surface area (Å²) in [6.07, 6.45) is 3.44. The number of benzene rings is 1. The Labute approximate surface area is 121 Å². The molecule has 110 valence electrons. The molecular weight excluding hydrogens is 279 g/mol. The zero-order valence-electron chi connectivity index (χ0n) is 11.5. The number of H-pyrrole nitrogens is 1. The molecule has 0 aliphatic heterocycles. The normalized spacial score (nSPS) is 11.1. The van der Waals surface area contributed by atoms with Crippen LogP contribution in [0.2, 0.25) is 0 Å². The highest BCUT2D eigenvalue weighted by molar-refractivity contribution is 7.99. The molecule has 0 amide bonds. The molecule has 2 aromatic rings. The van der Waals surface area contributed by atoms with Crippen molar-refractivity contribution in [3.8, 4) is 0 Å². The van der Waals surface area contributed by atoms with Crippen molar-refractivity contribution in [2.45, 2.75) is 26.2 Å². The van der Waals surface area contributed by atoms with Crippen LogP contribution in [0.1, 0.15) is 26.2 Å². The summed E-state index contributed by atoms with van der Waals surface area (Å²) < 4.78 is 18.7. The summed E-state index contributed by atoms with van der Waals surface area (Å²) in [5, 5.41) is 3.04. The SMILES string of the molecule is CCCCSCCCNc1cc2oc(=O)[nH]c2cc1F. The Morgan fingerprint density at radius 1 is 1.35 bits per heavy atom. The van der Waals surface area contributed by atoms with Crippen LogP contribution in [0, 0.1) is 5.82 Å². The number of rotatable bonds is 8. The van der Waals surface area contributed by atoms with Gasteiger partial charge < -0.3 is 9.73 Å². The summed E-state index contributed by atoms with van der Waals surface area (Å²) in [5.41, 5.74) is 1.13. The Hall–Kier alpha value is -1.43. The molecule has 0 aliphatic carbocycles. The summed E-state index contributed by atoms with van der Waals surface area (Å²) in [7, 11) is 0. The monoisotopic (exact) mass is 298 g/mol. The molecule has 0 fully saturated rings. The zero-order chi connectivity index (χ0) is 14.4. The Bertz CT molecular complexity index is 609. The number of anilines is 1. The van der Waals surface area contributed by atoms with E-state index in [2.05, 4.69) is 17.2 Å². The van der Waals surface area contributed by atoms with Crippen molar-refractivity contribution in [1.82, 2.24) is 4.98 Å². The molecule has 20 heavy (non-hydrogen) atoms. The van der Waals surface area contributed by atoms with Crippen LogP contribution in [-0.2, 0) is 0 Å². The lowest BCUT2D eigenvalue weighted by atomic mass is 10.2. The van der Waals surface area contributed by atoms with Crippen LogP contribution in [0.5, 0.6) is 0 Å². The maximum absolute atomic E-state index is 13.8. The minimum Gasteiger partial charge on any atom is -0.408 e. The Kier molecular flexibility index (Phi) is 5.52. The van der Waals surface area contributed by atoms with Crippen molar-refractivity contribution in [2.75, 3.05) is 23.4 Å². The van der Waals surface area contributed by atoms with Gasteiger partial charge in [-0.05, 0) is 24.3 Å². The van der Waals surface area contributed by atoms with Crippen molar-refractivity contribution in [1.29, 1.82) is 0 Å². The molecule has 0 radical (unpaired) electrons. The fourth-order valence-electron chi connectivity index (χ4n) is 1.85. The molecule has 0 spiro atoms.